The van der Waals surface area contributed by atoms with E-state index in [-0.39, 0.29) is 6.42 Å². The van der Waals surface area contributed by atoms with Crippen LogP contribution >= 0.6 is 0 Å². The summed E-state index contributed by atoms with van der Waals surface area (Å²) in [5, 5.41) is 2.90. The number of rotatable bonds is 4. The second kappa shape index (κ2) is 6.00. The lowest BCUT2D eigenvalue weighted by Crippen LogP contribution is -2.46. The Kier molecular flexibility index (Phi) is 5.24. The van der Waals surface area contributed by atoms with Crippen molar-refractivity contribution in [1.82, 2.24) is 5.32 Å². The topological polar surface area (TPSA) is 29.1 Å². The SMILES string of the molecule is CS(=O)CCNC1CCCCC1C(F)(F)F. The highest BCUT2D eigenvalue weighted by atomic mass is 32.2. The highest BCUT2D eigenvalue weighted by Crippen LogP contribution is 2.37. The Morgan fingerprint density at radius 2 is 1.94 bits per heavy atom. The summed E-state index contributed by atoms with van der Waals surface area (Å²) in [7, 11) is -0.946. The van der Waals surface area contributed by atoms with Crippen LogP contribution in [0.25, 0.3) is 0 Å². The zero-order valence-corrected chi connectivity index (χ0v) is 10.2. The molecule has 6 heteroatoms. The molecule has 0 amide bonds. The molecular weight excluding hydrogens is 239 g/mol. The van der Waals surface area contributed by atoms with Gasteiger partial charge in [0.2, 0.25) is 0 Å². The van der Waals surface area contributed by atoms with Gasteiger partial charge in [0.25, 0.3) is 0 Å². The second-order valence-corrected chi connectivity index (χ2v) is 5.83. The summed E-state index contributed by atoms with van der Waals surface area (Å²) in [6.07, 6.45) is -0.258. The van der Waals surface area contributed by atoms with Crippen molar-refractivity contribution in [3.05, 3.63) is 0 Å². The molecule has 0 saturated heterocycles. The van der Waals surface area contributed by atoms with Crippen LogP contribution < -0.4 is 5.32 Å². The monoisotopic (exact) mass is 257 g/mol. The van der Waals surface area contributed by atoms with E-state index in [4.69, 9.17) is 0 Å². The predicted molar refractivity (Wildman–Crippen MR) is 58.7 cm³/mol. The minimum absolute atomic E-state index is 0.219. The van der Waals surface area contributed by atoms with Gasteiger partial charge in [-0.05, 0) is 12.8 Å². The van der Waals surface area contributed by atoms with Crippen LogP contribution in [0, 0.1) is 5.92 Å². The van der Waals surface area contributed by atoms with E-state index < -0.39 is 28.9 Å². The van der Waals surface area contributed by atoms with Gasteiger partial charge in [0.05, 0.1) is 5.92 Å². The molecule has 2 nitrogen and oxygen atoms in total. The van der Waals surface area contributed by atoms with E-state index in [9.17, 15) is 17.4 Å². The fourth-order valence-electron chi connectivity index (χ4n) is 2.16. The van der Waals surface area contributed by atoms with Crippen molar-refractivity contribution in [2.45, 2.75) is 37.9 Å². The number of halogens is 3. The van der Waals surface area contributed by atoms with Gasteiger partial charge in [-0.3, -0.25) is 4.21 Å². The van der Waals surface area contributed by atoms with Crippen molar-refractivity contribution in [2.24, 2.45) is 5.92 Å². The third kappa shape index (κ3) is 4.41. The van der Waals surface area contributed by atoms with Gasteiger partial charge in [-0.2, -0.15) is 13.2 Å². The van der Waals surface area contributed by atoms with E-state index >= 15 is 0 Å². The quantitative estimate of drug-likeness (QED) is 0.835. The first-order valence-corrected chi connectivity index (χ1v) is 7.24. The van der Waals surface area contributed by atoms with E-state index in [2.05, 4.69) is 5.32 Å². The molecule has 0 aromatic carbocycles. The molecule has 1 N–H and O–H groups in total. The molecule has 0 bridgehead atoms. The van der Waals surface area contributed by atoms with Gasteiger partial charge in [-0.25, -0.2) is 0 Å². The lowest BCUT2D eigenvalue weighted by atomic mass is 9.84. The lowest BCUT2D eigenvalue weighted by molar-refractivity contribution is -0.188. The average Bonchev–Trinajstić information content (AvgIpc) is 2.16. The van der Waals surface area contributed by atoms with Crippen LogP contribution in [0.2, 0.25) is 0 Å². The van der Waals surface area contributed by atoms with Crippen molar-refractivity contribution in [3.63, 3.8) is 0 Å². The minimum atomic E-state index is -4.11. The molecule has 3 unspecified atom stereocenters. The smallest absolute Gasteiger partial charge is 0.312 e. The first-order chi connectivity index (χ1) is 7.41. The van der Waals surface area contributed by atoms with Crippen LogP contribution in [0.3, 0.4) is 0 Å². The molecule has 1 rings (SSSR count). The molecule has 0 aromatic rings. The fraction of sp³-hybridized carbons (Fsp3) is 1.00. The van der Waals surface area contributed by atoms with Crippen LogP contribution in [0.15, 0.2) is 0 Å². The maximum Gasteiger partial charge on any atom is 0.393 e. The van der Waals surface area contributed by atoms with E-state index in [1.807, 2.05) is 0 Å². The summed E-state index contributed by atoms with van der Waals surface area (Å²) in [4.78, 5) is 0. The Balaban J connectivity index is 2.44. The second-order valence-electron chi connectivity index (χ2n) is 4.27. The predicted octanol–water partition coefficient (Wildman–Crippen LogP) is 2.08. The summed E-state index contributed by atoms with van der Waals surface area (Å²) in [5.74, 6) is -0.812. The van der Waals surface area contributed by atoms with Crippen molar-refractivity contribution in [1.29, 1.82) is 0 Å². The van der Waals surface area contributed by atoms with Gasteiger partial charge < -0.3 is 5.32 Å². The largest absolute Gasteiger partial charge is 0.393 e. The lowest BCUT2D eigenvalue weighted by Gasteiger charge is -2.33. The normalized spacial score (nSPS) is 29.0. The van der Waals surface area contributed by atoms with Gasteiger partial charge in [0.15, 0.2) is 0 Å². The summed E-state index contributed by atoms with van der Waals surface area (Å²) in [5.41, 5.74) is 0. The molecule has 1 fully saturated rings. The van der Waals surface area contributed by atoms with E-state index in [0.717, 1.165) is 6.42 Å². The summed E-state index contributed by atoms with van der Waals surface area (Å²) in [6.45, 7) is 0.403. The molecule has 1 aliphatic rings. The third-order valence-corrected chi connectivity index (χ3v) is 3.76. The molecule has 16 heavy (non-hydrogen) atoms. The van der Waals surface area contributed by atoms with Crippen molar-refractivity contribution < 1.29 is 17.4 Å². The molecule has 0 aliphatic heterocycles. The zero-order chi connectivity index (χ0) is 12.2. The molecule has 1 saturated carbocycles. The molecule has 96 valence electrons. The average molecular weight is 257 g/mol. The minimum Gasteiger partial charge on any atom is -0.312 e. The Hall–Kier alpha value is -0.100. The highest BCUT2D eigenvalue weighted by molar-refractivity contribution is 7.84. The van der Waals surface area contributed by atoms with Crippen LogP contribution in [0.4, 0.5) is 13.2 Å². The Labute approximate surface area is 96.4 Å². The fourth-order valence-corrected chi connectivity index (χ4v) is 2.56. The van der Waals surface area contributed by atoms with Gasteiger partial charge in [0.1, 0.15) is 0 Å². The van der Waals surface area contributed by atoms with Gasteiger partial charge in [-0.15, -0.1) is 0 Å². The number of hydrogen-bond acceptors (Lipinski definition) is 2. The standard InChI is InChI=1S/C10H18F3NOS/c1-16(15)7-6-14-9-5-3-2-4-8(9)10(11,12)13/h8-9,14H,2-7H2,1H3. The van der Waals surface area contributed by atoms with Crippen molar-refractivity contribution in [2.75, 3.05) is 18.6 Å². The molecule has 0 spiro atoms. The highest BCUT2D eigenvalue weighted by Gasteiger charge is 2.45. The Morgan fingerprint density at radius 1 is 1.31 bits per heavy atom. The summed E-state index contributed by atoms with van der Waals surface area (Å²) < 4.78 is 48.8. The molecule has 0 aromatic heterocycles. The molecule has 1 aliphatic carbocycles. The van der Waals surface area contributed by atoms with Gasteiger partial charge in [-0.1, -0.05) is 12.8 Å². The number of hydrogen-bond donors (Lipinski definition) is 1. The molecule has 0 radical (unpaired) electrons. The van der Waals surface area contributed by atoms with Gasteiger partial charge in [0, 0.05) is 35.4 Å². The van der Waals surface area contributed by atoms with Crippen molar-refractivity contribution >= 4 is 10.8 Å². The molecular formula is C10H18F3NOS. The van der Waals surface area contributed by atoms with Crippen LogP contribution in [-0.4, -0.2) is 35.0 Å². The number of nitrogens with one attached hydrogen (secondary N) is 1. The molecule has 0 heterocycles. The summed E-state index contributed by atoms with van der Waals surface area (Å²) >= 11 is 0. The first kappa shape index (κ1) is 14.0. The van der Waals surface area contributed by atoms with E-state index in [0.29, 0.717) is 25.1 Å². The van der Waals surface area contributed by atoms with E-state index in [1.54, 1.807) is 6.26 Å². The third-order valence-electron chi connectivity index (χ3n) is 2.98. The summed E-state index contributed by atoms with van der Waals surface area (Å²) in [6, 6.07) is -0.489. The first-order valence-electron chi connectivity index (χ1n) is 5.51. The zero-order valence-electron chi connectivity index (χ0n) is 9.35. The van der Waals surface area contributed by atoms with Gasteiger partial charge >= 0.3 is 6.18 Å². The maximum atomic E-state index is 12.7. The van der Waals surface area contributed by atoms with E-state index in [1.165, 1.54) is 0 Å². The number of alkyl halides is 3. The Morgan fingerprint density at radius 3 is 2.50 bits per heavy atom. The molecule has 3 atom stereocenters. The van der Waals surface area contributed by atoms with Crippen molar-refractivity contribution in [3.8, 4) is 0 Å². The van der Waals surface area contributed by atoms with Crippen LogP contribution in [0.5, 0.6) is 0 Å². The maximum absolute atomic E-state index is 12.7. The van der Waals surface area contributed by atoms with Crippen LogP contribution in [0.1, 0.15) is 25.7 Å². The Bertz CT molecular complexity index is 245. The van der Waals surface area contributed by atoms with Crippen LogP contribution in [-0.2, 0) is 10.8 Å².